The second-order valence-corrected chi connectivity index (χ2v) is 8.50. The third kappa shape index (κ3) is 5.28. The smallest absolute Gasteiger partial charge is 0.00720 e. The molecule has 0 aromatic rings. The molecule has 0 aliphatic heterocycles. The van der Waals surface area contributed by atoms with E-state index < -0.39 is 0 Å². The van der Waals surface area contributed by atoms with E-state index in [1.807, 2.05) is 0 Å². The van der Waals surface area contributed by atoms with Crippen LogP contribution in [-0.2, 0) is 0 Å². The summed E-state index contributed by atoms with van der Waals surface area (Å²) in [5, 5.41) is 0. The molecule has 122 valence electrons. The molecule has 3 unspecified atom stereocenters. The Morgan fingerprint density at radius 2 is 1.40 bits per heavy atom. The maximum Gasteiger partial charge on any atom is -0.00720 e. The molecule has 0 rings (SSSR count). The van der Waals surface area contributed by atoms with Crippen LogP contribution in [0.4, 0.5) is 0 Å². The first-order valence-corrected chi connectivity index (χ1v) is 9.33. The summed E-state index contributed by atoms with van der Waals surface area (Å²) in [5.74, 6) is 5.67. The highest BCUT2D eigenvalue weighted by Crippen LogP contribution is 2.44. The van der Waals surface area contributed by atoms with E-state index in [0.717, 1.165) is 41.3 Å². The molecule has 20 heavy (non-hydrogen) atoms. The van der Waals surface area contributed by atoms with Crippen molar-refractivity contribution in [3.63, 3.8) is 0 Å². The van der Waals surface area contributed by atoms with Gasteiger partial charge in [0.05, 0.1) is 0 Å². The summed E-state index contributed by atoms with van der Waals surface area (Å²) >= 11 is 4.44. The van der Waals surface area contributed by atoms with E-state index in [1.54, 1.807) is 0 Å². The highest BCUT2D eigenvalue weighted by atomic mass is 32.1. The van der Waals surface area contributed by atoms with Crippen molar-refractivity contribution in [2.45, 2.75) is 75.2 Å². The molecule has 0 aromatic heterocycles. The van der Waals surface area contributed by atoms with Gasteiger partial charge in [-0.1, -0.05) is 68.7 Å². The van der Waals surface area contributed by atoms with Gasteiger partial charge in [0.2, 0.25) is 0 Å². The first kappa shape index (κ1) is 20.3. The van der Waals surface area contributed by atoms with Gasteiger partial charge in [-0.15, -0.1) is 0 Å². The molecule has 1 heteroatoms. The van der Waals surface area contributed by atoms with E-state index in [0.29, 0.717) is 5.41 Å². The first-order chi connectivity index (χ1) is 9.09. The fourth-order valence-corrected chi connectivity index (χ4v) is 3.70. The fourth-order valence-electron chi connectivity index (χ4n) is 3.55. The van der Waals surface area contributed by atoms with Gasteiger partial charge in [-0.25, -0.2) is 0 Å². The Morgan fingerprint density at radius 3 is 1.80 bits per heavy atom. The summed E-state index contributed by atoms with van der Waals surface area (Å²) in [7, 11) is 0. The van der Waals surface area contributed by atoms with Crippen LogP contribution in [0.1, 0.15) is 75.2 Å². The topological polar surface area (TPSA) is 0 Å². The maximum atomic E-state index is 4.44. The third-order valence-corrected chi connectivity index (χ3v) is 7.28. The zero-order valence-corrected chi connectivity index (χ0v) is 16.4. The Balaban J connectivity index is 4.75. The lowest BCUT2D eigenvalue weighted by Gasteiger charge is -2.43. The van der Waals surface area contributed by atoms with Gasteiger partial charge < -0.3 is 0 Å². The summed E-state index contributed by atoms with van der Waals surface area (Å²) in [6.45, 7) is 21.8. The molecular formula is C19H40S. The zero-order chi connectivity index (χ0) is 16.1. The molecule has 0 N–H and O–H groups in total. The Kier molecular flexibility index (Phi) is 8.86. The van der Waals surface area contributed by atoms with Crippen molar-refractivity contribution in [3.05, 3.63) is 0 Å². The minimum Gasteiger partial charge on any atom is -0.179 e. The van der Waals surface area contributed by atoms with E-state index in [-0.39, 0.29) is 0 Å². The van der Waals surface area contributed by atoms with Gasteiger partial charge in [-0.05, 0) is 53.1 Å². The molecule has 0 aliphatic carbocycles. The van der Waals surface area contributed by atoms with Gasteiger partial charge in [-0.3, -0.25) is 0 Å². The molecule has 0 heterocycles. The van der Waals surface area contributed by atoms with E-state index in [2.05, 4.69) is 74.9 Å². The number of thiol groups is 1. The predicted octanol–water partition coefficient (Wildman–Crippen LogP) is 6.56. The molecule has 0 nitrogen and oxygen atoms in total. The molecule has 0 spiro atoms. The lowest BCUT2D eigenvalue weighted by Crippen LogP contribution is -2.36. The fraction of sp³-hybridized carbons (Fsp3) is 1.00. The molecular weight excluding hydrogens is 260 g/mol. The van der Waals surface area contributed by atoms with Crippen molar-refractivity contribution in [1.82, 2.24) is 0 Å². The van der Waals surface area contributed by atoms with Gasteiger partial charge in [0.25, 0.3) is 0 Å². The maximum absolute atomic E-state index is 4.44. The third-order valence-electron chi connectivity index (χ3n) is 6.66. The van der Waals surface area contributed by atoms with Gasteiger partial charge in [-0.2, -0.15) is 12.6 Å². The first-order valence-electron chi connectivity index (χ1n) is 8.70. The van der Waals surface area contributed by atoms with Gasteiger partial charge in [0.15, 0.2) is 0 Å². The van der Waals surface area contributed by atoms with Crippen LogP contribution in [0.2, 0.25) is 0 Å². The van der Waals surface area contributed by atoms with E-state index >= 15 is 0 Å². The monoisotopic (exact) mass is 300 g/mol. The highest BCUT2D eigenvalue weighted by molar-refractivity contribution is 7.80. The molecule has 0 aliphatic rings. The zero-order valence-electron chi connectivity index (χ0n) is 15.5. The van der Waals surface area contributed by atoms with Crippen molar-refractivity contribution >= 4 is 12.6 Å². The van der Waals surface area contributed by atoms with E-state index in [1.165, 1.54) is 12.8 Å². The molecule has 0 fully saturated rings. The molecule has 0 amide bonds. The molecule has 0 bridgehead atoms. The number of hydrogen-bond donors (Lipinski definition) is 1. The van der Waals surface area contributed by atoms with E-state index in [4.69, 9.17) is 0 Å². The summed E-state index contributed by atoms with van der Waals surface area (Å²) in [6, 6.07) is 0. The second kappa shape index (κ2) is 8.71. The van der Waals surface area contributed by atoms with Crippen LogP contribution < -0.4 is 0 Å². The minimum absolute atomic E-state index is 0.428. The summed E-state index contributed by atoms with van der Waals surface area (Å²) in [4.78, 5) is 0. The van der Waals surface area contributed by atoms with Crippen LogP contribution in [0.5, 0.6) is 0 Å². The highest BCUT2D eigenvalue weighted by Gasteiger charge is 2.36. The van der Waals surface area contributed by atoms with Crippen LogP contribution >= 0.6 is 12.6 Å². The van der Waals surface area contributed by atoms with Crippen LogP contribution in [-0.4, -0.2) is 5.75 Å². The largest absolute Gasteiger partial charge is 0.179 e. The molecule has 0 saturated heterocycles. The molecule has 0 saturated carbocycles. The quantitative estimate of drug-likeness (QED) is 0.458. The summed E-state index contributed by atoms with van der Waals surface area (Å²) < 4.78 is 0. The Hall–Kier alpha value is 0.350. The lowest BCUT2D eigenvalue weighted by molar-refractivity contribution is 0.0548. The van der Waals surface area contributed by atoms with Crippen molar-refractivity contribution in [3.8, 4) is 0 Å². The van der Waals surface area contributed by atoms with Crippen LogP contribution in [0, 0.1) is 40.9 Å². The van der Waals surface area contributed by atoms with Gasteiger partial charge >= 0.3 is 0 Å². The van der Waals surface area contributed by atoms with E-state index in [9.17, 15) is 0 Å². The Labute approximate surface area is 134 Å². The van der Waals surface area contributed by atoms with Gasteiger partial charge in [0, 0.05) is 0 Å². The molecule has 0 radical (unpaired) electrons. The average molecular weight is 301 g/mol. The molecule has 0 aromatic carbocycles. The summed E-state index contributed by atoms with van der Waals surface area (Å²) in [6.07, 6.45) is 2.59. The Morgan fingerprint density at radius 1 is 0.900 bits per heavy atom. The second-order valence-electron chi connectivity index (χ2n) is 8.14. The number of hydrogen-bond acceptors (Lipinski definition) is 1. The van der Waals surface area contributed by atoms with Crippen LogP contribution in [0.15, 0.2) is 0 Å². The predicted molar refractivity (Wildman–Crippen MR) is 97.5 cm³/mol. The van der Waals surface area contributed by atoms with Crippen molar-refractivity contribution in [2.24, 2.45) is 40.9 Å². The summed E-state index contributed by atoms with van der Waals surface area (Å²) in [5.41, 5.74) is 0.428. The van der Waals surface area contributed by atoms with Crippen molar-refractivity contribution in [2.75, 3.05) is 5.75 Å². The standard InChI is InChI=1S/C19H40S/c1-10-15(4)19(8,9)18(7)17(6)16(5)14(3)11-13(2)12-20/h13-18,20H,10-12H2,1-9H3/t13-,14?,15-,16+,17?,18?/m0/s1. The van der Waals surface area contributed by atoms with Crippen molar-refractivity contribution in [1.29, 1.82) is 0 Å². The molecule has 6 atom stereocenters. The SMILES string of the molecule is CC[C@H](C)C(C)(C)C(C)C(C)[C@H](C)C(C)C[C@H](C)CS. The number of rotatable bonds is 9. The van der Waals surface area contributed by atoms with Crippen molar-refractivity contribution < 1.29 is 0 Å². The average Bonchev–Trinajstić information content (AvgIpc) is 2.43. The van der Waals surface area contributed by atoms with Crippen LogP contribution in [0.3, 0.4) is 0 Å². The normalized spacial score (nSPS) is 21.9. The Bertz CT molecular complexity index is 258. The van der Waals surface area contributed by atoms with Gasteiger partial charge in [0.1, 0.15) is 0 Å². The van der Waals surface area contributed by atoms with Crippen LogP contribution in [0.25, 0.3) is 0 Å². The minimum atomic E-state index is 0.428. The lowest BCUT2D eigenvalue weighted by atomic mass is 9.62.